The number of hydrogen-bond acceptors (Lipinski definition) is 3. The molecule has 1 heterocycles. The fourth-order valence-electron chi connectivity index (χ4n) is 3.29. The summed E-state index contributed by atoms with van der Waals surface area (Å²) in [5.41, 5.74) is 2.12. The predicted molar refractivity (Wildman–Crippen MR) is 111 cm³/mol. The van der Waals surface area contributed by atoms with Gasteiger partial charge in [-0.15, -0.1) is 0 Å². The Bertz CT molecular complexity index is 854. The molecule has 0 bridgehead atoms. The zero-order chi connectivity index (χ0) is 20.8. The highest BCUT2D eigenvalue weighted by molar-refractivity contribution is 5.98. The van der Waals surface area contributed by atoms with Crippen LogP contribution in [0, 0.1) is 5.82 Å². The SMILES string of the molecule is CN(C)CCNC(=O)c1cccc(N2CCCN(Cc3ccc(F)cc3)C2=O)c1. The highest BCUT2D eigenvalue weighted by Gasteiger charge is 2.27. The van der Waals surface area contributed by atoms with E-state index >= 15 is 0 Å². The Morgan fingerprint density at radius 2 is 1.90 bits per heavy atom. The molecule has 1 N–H and O–H groups in total. The quantitative estimate of drug-likeness (QED) is 0.780. The van der Waals surface area contributed by atoms with Gasteiger partial charge in [-0.2, -0.15) is 0 Å². The second-order valence-electron chi connectivity index (χ2n) is 7.45. The molecule has 0 saturated carbocycles. The van der Waals surface area contributed by atoms with Gasteiger partial charge in [0.1, 0.15) is 5.82 Å². The fourth-order valence-corrected chi connectivity index (χ4v) is 3.29. The minimum absolute atomic E-state index is 0.106. The largest absolute Gasteiger partial charge is 0.351 e. The lowest BCUT2D eigenvalue weighted by Gasteiger charge is -2.35. The van der Waals surface area contributed by atoms with Gasteiger partial charge in [0.05, 0.1) is 0 Å². The van der Waals surface area contributed by atoms with Crippen LogP contribution in [0.15, 0.2) is 48.5 Å². The molecule has 7 heteroatoms. The van der Waals surface area contributed by atoms with Crippen molar-refractivity contribution < 1.29 is 14.0 Å². The van der Waals surface area contributed by atoms with E-state index < -0.39 is 0 Å². The third-order valence-corrected chi connectivity index (χ3v) is 4.86. The Balaban J connectivity index is 1.68. The van der Waals surface area contributed by atoms with E-state index in [1.165, 1.54) is 12.1 Å². The van der Waals surface area contributed by atoms with Gasteiger partial charge >= 0.3 is 6.03 Å². The van der Waals surface area contributed by atoms with E-state index in [1.54, 1.807) is 40.1 Å². The summed E-state index contributed by atoms with van der Waals surface area (Å²) in [4.78, 5) is 30.8. The van der Waals surface area contributed by atoms with Gasteiger partial charge in [0, 0.05) is 44.0 Å². The number of benzene rings is 2. The Morgan fingerprint density at radius 3 is 2.62 bits per heavy atom. The van der Waals surface area contributed by atoms with Crippen LogP contribution in [0.4, 0.5) is 14.9 Å². The maximum atomic E-state index is 13.1. The molecular formula is C22H27FN4O2. The van der Waals surface area contributed by atoms with E-state index in [1.807, 2.05) is 25.1 Å². The van der Waals surface area contributed by atoms with E-state index in [4.69, 9.17) is 0 Å². The molecule has 3 amide bonds. The topological polar surface area (TPSA) is 55.9 Å². The molecule has 6 nitrogen and oxygen atoms in total. The summed E-state index contributed by atoms with van der Waals surface area (Å²) in [6.45, 7) is 3.00. The monoisotopic (exact) mass is 398 g/mol. The van der Waals surface area contributed by atoms with Gasteiger partial charge in [-0.05, 0) is 56.4 Å². The highest BCUT2D eigenvalue weighted by Crippen LogP contribution is 2.22. The minimum Gasteiger partial charge on any atom is -0.351 e. The van der Waals surface area contributed by atoms with Gasteiger partial charge < -0.3 is 15.1 Å². The minimum atomic E-state index is -0.291. The van der Waals surface area contributed by atoms with Gasteiger partial charge in [-0.3, -0.25) is 9.69 Å². The lowest BCUT2D eigenvalue weighted by Crippen LogP contribution is -2.49. The van der Waals surface area contributed by atoms with E-state index in [9.17, 15) is 14.0 Å². The zero-order valence-corrected chi connectivity index (χ0v) is 16.9. The first-order valence-electron chi connectivity index (χ1n) is 9.78. The van der Waals surface area contributed by atoms with Gasteiger partial charge in [-0.25, -0.2) is 9.18 Å². The third kappa shape index (κ3) is 5.54. The van der Waals surface area contributed by atoms with E-state index in [-0.39, 0.29) is 17.8 Å². The number of urea groups is 1. The summed E-state index contributed by atoms with van der Waals surface area (Å²) in [5, 5.41) is 2.89. The van der Waals surface area contributed by atoms with Crippen LogP contribution < -0.4 is 10.2 Å². The smallest absolute Gasteiger partial charge is 0.324 e. The summed E-state index contributed by atoms with van der Waals surface area (Å²) in [6.07, 6.45) is 0.826. The van der Waals surface area contributed by atoms with Gasteiger partial charge in [-0.1, -0.05) is 18.2 Å². The Kier molecular flexibility index (Phi) is 6.82. The summed E-state index contributed by atoms with van der Waals surface area (Å²) in [6, 6.07) is 13.2. The van der Waals surface area contributed by atoms with E-state index in [2.05, 4.69) is 5.32 Å². The average Bonchev–Trinajstić information content (AvgIpc) is 2.71. The van der Waals surface area contributed by atoms with Crippen molar-refractivity contribution in [1.82, 2.24) is 15.1 Å². The first-order valence-corrected chi connectivity index (χ1v) is 9.78. The van der Waals surface area contributed by atoms with Crippen molar-refractivity contribution in [2.24, 2.45) is 0 Å². The maximum absolute atomic E-state index is 13.1. The van der Waals surface area contributed by atoms with Crippen LogP contribution in [0.3, 0.4) is 0 Å². The summed E-state index contributed by atoms with van der Waals surface area (Å²) >= 11 is 0. The fraction of sp³-hybridized carbons (Fsp3) is 0.364. The molecule has 0 atom stereocenters. The molecule has 154 valence electrons. The first-order chi connectivity index (χ1) is 13.9. The van der Waals surface area contributed by atoms with Crippen LogP contribution in [0.25, 0.3) is 0 Å². The van der Waals surface area contributed by atoms with Crippen LogP contribution in [0.2, 0.25) is 0 Å². The normalized spacial score (nSPS) is 14.4. The number of nitrogens with one attached hydrogen (secondary N) is 1. The first kappa shape index (κ1) is 20.8. The number of carbonyl (C=O) groups is 2. The van der Waals surface area contributed by atoms with E-state index in [0.29, 0.717) is 37.4 Å². The van der Waals surface area contributed by atoms with Crippen molar-refractivity contribution in [3.8, 4) is 0 Å². The highest BCUT2D eigenvalue weighted by atomic mass is 19.1. The molecule has 1 fully saturated rings. The van der Waals surface area contributed by atoms with Gasteiger partial charge in [0.15, 0.2) is 0 Å². The molecule has 1 aliphatic rings. The molecule has 0 radical (unpaired) electrons. The van der Waals surface area contributed by atoms with Gasteiger partial charge in [0.2, 0.25) is 0 Å². The molecule has 0 aromatic heterocycles. The number of halogens is 1. The van der Waals surface area contributed by atoms with Crippen LogP contribution >= 0.6 is 0 Å². The molecule has 0 aliphatic carbocycles. The lowest BCUT2D eigenvalue weighted by molar-refractivity contribution is 0.0951. The molecule has 3 rings (SSSR count). The number of hydrogen-bond donors (Lipinski definition) is 1. The second-order valence-corrected chi connectivity index (χ2v) is 7.45. The molecule has 2 aromatic rings. The van der Waals surface area contributed by atoms with Crippen molar-refractivity contribution in [1.29, 1.82) is 0 Å². The molecule has 0 unspecified atom stereocenters. The predicted octanol–water partition coefficient (Wildman–Crippen LogP) is 2.95. The molecular weight excluding hydrogens is 371 g/mol. The van der Waals surface area contributed by atoms with Crippen LogP contribution in [-0.2, 0) is 6.54 Å². The number of nitrogens with zero attached hydrogens (tertiary/aromatic N) is 3. The lowest BCUT2D eigenvalue weighted by atomic mass is 10.1. The van der Waals surface area contributed by atoms with Crippen molar-refractivity contribution in [3.63, 3.8) is 0 Å². The molecule has 1 aliphatic heterocycles. The summed E-state index contributed by atoms with van der Waals surface area (Å²) in [5.74, 6) is -0.442. The Morgan fingerprint density at radius 1 is 1.14 bits per heavy atom. The molecule has 29 heavy (non-hydrogen) atoms. The Hall–Kier alpha value is -2.93. The van der Waals surface area contributed by atoms with Crippen molar-refractivity contribution in [3.05, 3.63) is 65.5 Å². The molecule has 2 aromatic carbocycles. The number of carbonyl (C=O) groups excluding carboxylic acids is 2. The summed E-state index contributed by atoms with van der Waals surface area (Å²) in [7, 11) is 3.90. The average molecular weight is 398 g/mol. The van der Waals surface area contributed by atoms with E-state index in [0.717, 1.165) is 18.5 Å². The second kappa shape index (κ2) is 9.52. The number of likely N-dealkylation sites (N-methyl/N-ethyl adjacent to an activating group) is 1. The Labute approximate surface area is 170 Å². The van der Waals surface area contributed by atoms with Crippen molar-refractivity contribution in [2.45, 2.75) is 13.0 Å². The molecule has 1 saturated heterocycles. The standard InChI is InChI=1S/C22H27FN4O2/c1-25(2)14-11-24-21(28)18-5-3-6-20(15-18)27-13-4-12-26(22(27)29)16-17-7-9-19(23)10-8-17/h3,5-10,15H,4,11-14,16H2,1-2H3,(H,24,28). The molecule has 0 spiro atoms. The number of anilines is 1. The van der Waals surface area contributed by atoms with Crippen LogP contribution in [0.1, 0.15) is 22.3 Å². The maximum Gasteiger partial charge on any atom is 0.324 e. The van der Waals surface area contributed by atoms with Crippen molar-refractivity contribution >= 4 is 17.6 Å². The number of rotatable bonds is 7. The van der Waals surface area contributed by atoms with Crippen LogP contribution in [-0.4, -0.2) is 62.0 Å². The zero-order valence-electron chi connectivity index (χ0n) is 16.9. The third-order valence-electron chi connectivity index (χ3n) is 4.86. The van der Waals surface area contributed by atoms with Crippen molar-refractivity contribution in [2.75, 3.05) is 45.2 Å². The number of amides is 3. The summed E-state index contributed by atoms with van der Waals surface area (Å²) < 4.78 is 13.1. The van der Waals surface area contributed by atoms with Crippen LogP contribution in [0.5, 0.6) is 0 Å². The van der Waals surface area contributed by atoms with Gasteiger partial charge in [0.25, 0.3) is 5.91 Å².